The predicted octanol–water partition coefficient (Wildman–Crippen LogP) is 2.45. The van der Waals surface area contributed by atoms with Crippen LogP contribution in [0.15, 0.2) is 48.9 Å². The zero-order valence-electron chi connectivity index (χ0n) is 20.7. The smallest absolute Gasteiger partial charge is 0.320 e. The summed E-state index contributed by atoms with van der Waals surface area (Å²) in [6, 6.07) is 9.46. The summed E-state index contributed by atoms with van der Waals surface area (Å²) in [6.45, 7) is 3.42. The minimum absolute atomic E-state index is 0.0329. The van der Waals surface area contributed by atoms with Gasteiger partial charge < -0.3 is 25.0 Å². The monoisotopic (exact) mass is 511 g/mol. The second-order valence-electron chi connectivity index (χ2n) is 10.7. The molecule has 3 aromatic heterocycles. The highest BCUT2D eigenvalue weighted by molar-refractivity contribution is 6.31. The van der Waals surface area contributed by atoms with Gasteiger partial charge in [-0.15, -0.1) is 0 Å². The van der Waals surface area contributed by atoms with E-state index >= 15 is 4.39 Å². The Bertz CT molecular complexity index is 1700. The summed E-state index contributed by atoms with van der Waals surface area (Å²) in [6.07, 6.45) is 6.63. The number of likely N-dealkylation sites (tertiary alicyclic amines) is 1. The van der Waals surface area contributed by atoms with E-state index in [1.807, 2.05) is 44.8 Å². The number of amides is 3. The van der Waals surface area contributed by atoms with Gasteiger partial charge >= 0.3 is 6.03 Å². The Hall–Kier alpha value is -4.18. The van der Waals surface area contributed by atoms with Gasteiger partial charge in [-0.2, -0.15) is 0 Å². The third-order valence-electron chi connectivity index (χ3n) is 8.51. The van der Waals surface area contributed by atoms with Crippen molar-refractivity contribution in [2.75, 3.05) is 26.2 Å². The molecule has 1 aromatic carbocycles. The van der Waals surface area contributed by atoms with E-state index in [-0.39, 0.29) is 23.8 Å². The van der Waals surface area contributed by atoms with Crippen LogP contribution in [0.25, 0.3) is 27.7 Å². The number of piperazine rings is 1. The molecule has 10 heteroatoms. The molecule has 2 saturated heterocycles. The molecule has 38 heavy (non-hydrogen) atoms. The molecular formula is C28H26FN7O2. The lowest BCUT2D eigenvalue weighted by atomic mass is 9.98. The zero-order chi connectivity index (χ0) is 25.5. The van der Waals surface area contributed by atoms with E-state index < -0.39 is 0 Å². The molecule has 2 atom stereocenters. The Balaban J connectivity index is 1.23. The van der Waals surface area contributed by atoms with Gasteiger partial charge in [-0.3, -0.25) is 9.20 Å². The molecule has 4 aromatic rings. The number of nitrogens with one attached hydrogen (secondary N) is 2. The number of imidazole rings is 1. The molecule has 4 aliphatic rings. The van der Waals surface area contributed by atoms with Crippen molar-refractivity contribution in [1.82, 2.24) is 34.4 Å². The maximum Gasteiger partial charge on any atom is 0.320 e. The Morgan fingerprint density at radius 1 is 1.18 bits per heavy atom. The molecule has 0 aliphatic carbocycles. The largest absolute Gasteiger partial charge is 0.348 e. The van der Waals surface area contributed by atoms with E-state index in [2.05, 4.69) is 20.2 Å². The van der Waals surface area contributed by atoms with E-state index in [1.54, 1.807) is 18.3 Å². The lowest BCUT2D eigenvalue weighted by molar-refractivity contribution is -0.114. The van der Waals surface area contributed by atoms with Gasteiger partial charge in [0.2, 0.25) is 0 Å². The van der Waals surface area contributed by atoms with E-state index in [9.17, 15) is 9.59 Å². The number of nitrogens with zero attached hydrogens (tertiary/aromatic N) is 5. The number of benzene rings is 1. The van der Waals surface area contributed by atoms with Crippen LogP contribution in [-0.4, -0.2) is 74.0 Å². The highest BCUT2D eigenvalue weighted by Crippen LogP contribution is 2.38. The van der Waals surface area contributed by atoms with Crippen molar-refractivity contribution in [2.24, 2.45) is 0 Å². The van der Waals surface area contributed by atoms with E-state index in [0.29, 0.717) is 43.5 Å². The Morgan fingerprint density at radius 2 is 2.11 bits per heavy atom. The van der Waals surface area contributed by atoms with Gasteiger partial charge in [0.15, 0.2) is 0 Å². The third-order valence-corrected chi connectivity index (χ3v) is 8.51. The predicted molar refractivity (Wildman–Crippen MR) is 140 cm³/mol. The summed E-state index contributed by atoms with van der Waals surface area (Å²) in [5.41, 5.74) is 5.39. The van der Waals surface area contributed by atoms with E-state index in [1.165, 1.54) is 0 Å². The molecule has 2 fully saturated rings. The lowest BCUT2D eigenvalue weighted by Gasteiger charge is -2.33. The quantitative estimate of drug-likeness (QED) is 0.433. The first-order chi connectivity index (χ1) is 18.5. The Labute approximate surface area is 217 Å². The number of aromatic nitrogens is 3. The second-order valence-corrected chi connectivity index (χ2v) is 10.7. The van der Waals surface area contributed by atoms with Crippen LogP contribution < -0.4 is 10.6 Å². The maximum absolute atomic E-state index is 15.1. The number of carbonyl (C=O) groups is 2. The topological polar surface area (TPSA) is 86.9 Å². The molecule has 2 unspecified atom stereocenters. The summed E-state index contributed by atoms with van der Waals surface area (Å²) in [5.74, 6) is -0.513. The van der Waals surface area contributed by atoms with Crippen LogP contribution in [-0.2, 0) is 17.9 Å². The average molecular weight is 512 g/mol. The van der Waals surface area contributed by atoms with Crippen LogP contribution in [0, 0.1) is 5.82 Å². The molecule has 4 aliphatic heterocycles. The van der Waals surface area contributed by atoms with Crippen molar-refractivity contribution in [2.45, 2.75) is 31.6 Å². The zero-order valence-corrected chi connectivity index (χ0v) is 20.7. The SMILES string of the molecule is O=C1NCC(c2cn3c4c(cc(F)cc24)CN(C(=O)N2CC4CC2CN4)CC3)=C1c1cnc2ccccn12. The molecule has 0 saturated carbocycles. The van der Waals surface area contributed by atoms with Gasteiger partial charge in [0.25, 0.3) is 5.91 Å². The minimum atomic E-state index is -0.348. The lowest BCUT2D eigenvalue weighted by Crippen LogP contribution is -2.51. The van der Waals surface area contributed by atoms with E-state index in [4.69, 9.17) is 0 Å². The van der Waals surface area contributed by atoms with Crippen LogP contribution in [0.4, 0.5) is 9.18 Å². The summed E-state index contributed by atoms with van der Waals surface area (Å²) < 4.78 is 19.1. The first-order valence-corrected chi connectivity index (χ1v) is 13.1. The summed E-state index contributed by atoms with van der Waals surface area (Å²) in [4.78, 5) is 34.8. The van der Waals surface area contributed by atoms with Gasteiger partial charge in [0.05, 0.1) is 23.0 Å². The van der Waals surface area contributed by atoms with Crippen molar-refractivity contribution in [3.05, 3.63) is 71.6 Å². The molecule has 2 bridgehead atoms. The molecule has 0 spiro atoms. The minimum Gasteiger partial charge on any atom is -0.348 e. The van der Waals surface area contributed by atoms with E-state index in [0.717, 1.165) is 52.8 Å². The number of hydrogen-bond acceptors (Lipinski definition) is 4. The highest BCUT2D eigenvalue weighted by Gasteiger charge is 2.42. The van der Waals surface area contributed by atoms with Gasteiger partial charge in [0, 0.05) is 74.7 Å². The van der Waals surface area contributed by atoms with Crippen LogP contribution in [0.3, 0.4) is 0 Å². The molecule has 192 valence electrons. The molecule has 8 rings (SSSR count). The van der Waals surface area contributed by atoms with Gasteiger partial charge in [-0.05, 0) is 41.8 Å². The maximum atomic E-state index is 15.1. The van der Waals surface area contributed by atoms with Crippen molar-refractivity contribution >= 4 is 39.6 Å². The molecule has 0 radical (unpaired) electrons. The van der Waals surface area contributed by atoms with Crippen LogP contribution >= 0.6 is 0 Å². The van der Waals surface area contributed by atoms with Crippen LogP contribution in [0.1, 0.15) is 23.2 Å². The van der Waals surface area contributed by atoms with Crippen molar-refractivity contribution in [3.8, 4) is 0 Å². The number of urea groups is 1. The fraction of sp³-hybridized carbons (Fsp3) is 0.321. The number of hydrogen-bond donors (Lipinski definition) is 2. The number of fused-ring (bicyclic) bond motifs is 3. The molecular weight excluding hydrogens is 485 g/mol. The van der Waals surface area contributed by atoms with Crippen molar-refractivity contribution in [3.63, 3.8) is 0 Å². The molecule has 7 heterocycles. The fourth-order valence-electron chi connectivity index (χ4n) is 6.78. The first kappa shape index (κ1) is 21.9. The number of carbonyl (C=O) groups excluding carboxylic acids is 2. The van der Waals surface area contributed by atoms with Crippen molar-refractivity contribution in [1.29, 1.82) is 0 Å². The van der Waals surface area contributed by atoms with Gasteiger partial charge in [0.1, 0.15) is 11.5 Å². The van der Waals surface area contributed by atoms with Gasteiger partial charge in [-0.1, -0.05) is 6.07 Å². The number of halogens is 1. The highest BCUT2D eigenvalue weighted by atomic mass is 19.1. The number of pyridine rings is 1. The molecule has 9 nitrogen and oxygen atoms in total. The summed E-state index contributed by atoms with van der Waals surface area (Å²) in [7, 11) is 0. The third kappa shape index (κ3) is 3.10. The average Bonchev–Trinajstić information content (AvgIpc) is 3.73. The van der Waals surface area contributed by atoms with Crippen LogP contribution in [0.2, 0.25) is 0 Å². The number of rotatable bonds is 2. The van der Waals surface area contributed by atoms with Crippen LogP contribution in [0.5, 0.6) is 0 Å². The Morgan fingerprint density at radius 3 is 2.95 bits per heavy atom. The summed E-state index contributed by atoms with van der Waals surface area (Å²) in [5, 5.41) is 7.17. The molecule has 3 amide bonds. The second kappa shape index (κ2) is 7.91. The molecule has 2 N–H and O–H groups in total. The first-order valence-electron chi connectivity index (χ1n) is 13.1. The standard InChI is InChI=1S/C28H26FN7O2/c29-17-7-16-13-34(28(38)36-14-18-9-19(36)10-30-18)6-5-33-15-22(20(8-17)26(16)33)21-11-32-27(37)25(21)23-12-31-24-3-1-2-4-35(23)24/h1-4,7-8,12,15,18-19,30H,5-6,9-11,13-14H2,(H,32,37). The Kier molecular flexibility index (Phi) is 4.55. The summed E-state index contributed by atoms with van der Waals surface area (Å²) >= 11 is 0. The van der Waals surface area contributed by atoms with Gasteiger partial charge in [-0.25, -0.2) is 14.2 Å². The van der Waals surface area contributed by atoms with Crippen molar-refractivity contribution < 1.29 is 14.0 Å². The normalized spacial score (nSPS) is 22.7. The fourth-order valence-corrected chi connectivity index (χ4v) is 6.78.